The number of unbranched alkanes of at least 4 members (excludes halogenated alkanes) is 1. The summed E-state index contributed by atoms with van der Waals surface area (Å²) in [5.74, 6) is 1.44. The van der Waals surface area contributed by atoms with Gasteiger partial charge in [-0.1, -0.05) is 28.1 Å². The Kier molecular flexibility index (Phi) is 7.60. The zero-order chi connectivity index (χ0) is 18.3. The number of likely N-dealkylation sites (tertiary alicyclic amines) is 1. The summed E-state index contributed by atoms with van der Waals surface area (Å²) in [4.78, 5) is 14.0. The van der Waals surface area contributed by atoms with Crippen molar-refractivity contribution in [1.82, 2.24) is 4.90 Å². The first-order chi connectivity index (χ1) is 11.9. The third-order valence-electron chi connectivity index (χ3n) is 4.29. The molecule has 5 heteroatoms. The molecule has 0 radical (unpaired) electrons. The van der Waals surface area contributed by atoms with Gasteiger partial charge in [0.25, 0.3) is 0 Å². The number of hydrogen-bond acceptors (Lipinski definition) is 3. The highest BCUT2D eigenvalue weighted by atomic mass is 79.9. The number of amides is 1. The first-order valence-electron chi connectivity index (χ1n) is 9.16. The lowest BCUT2D eigenvalue weighted by atomic mass is 9.89. The van der Waals surface area contributed by atoms with E-state index in [1.807, 2.05) is 25.7 Å². The highest BCUT2D eigenvalue weighted by Crippen LogP contribution is 2.30. The Labute approximate surface area is 160 Å². The van der Waals surface area contributed by atoms with Gasteiger partial charge < -0.3 is 14.4 Å². The van der Waals surface area contributed by atoms with Crippen LogP contribution in [0.1, 0.15) is 57.9 Å². The molecule has 0 spiro atoms. The minimum atomic E-state index is -0.432. The average molecular weight is 412 g/mol. The molecule has 0 saturated carbocycles. The Morgan fingerprint density at radius 2 is 1.80 bits per heavy atom. The van der Waals surface area contributed by atoms with E-state index in [1.54, 1.807) is 0 Å². The van der Waals surface area contributed by atoms with Crippen LogP contribution in [0.2, 0.25) is 0 Å². The van der Waals surface area contributed by atoms with Crippen LogP contribution in [0.5, 0.6) is 5.75 Å². The van der Waals surface area contributed by atoms with Crippen molar-refractivity contribution in [3.8, 4) is 5.75 Å². The summed E-state index contributed by atoms with van der Waals surface area (Å²) in [6.07, 6.45) is 3.96. The quantitative estimate of drug-likeness (QED) is 0.467. The molecule has 140 valence electrons. The van der Waals surface area contributed by atoms with Gasteiger partial charge in [0, 0.05) is 18.4 Å². The Morgan fingerprint density at radius 1 is 1.16 bits per heavy atom. The maximum absolute atomic E-state index is 12.1. The van der Waals surface area contributed by atoms with E-state index in [1.165, 1.54) is 5.56 Å². The van der Waals surface area contributed by atoms with Crippen LogP contribution < -0.4 is 4.74 Å². The van der Waals surface area contributed by atoms with E-state index in [0.717, 1.165) is 56.5 Å². The number of alkyl halides is 1. The number of ether oxygens (including phenoxy) is 2. The topological polar surface area (TPSA) is 38.8 Å². The fourth-order valence-electron chi connectivity index (χ4n) is 2.94. The summed E-state index contributed by atoms with van der Waals surface area (Å²) >= 11 is 3.43. The van der Waals surface area contributed by atoms with Crippen molar-refractivity contribution in [2.75, 3.05) is 25.0 Å². The molecule has 0 aliphatic carbocycles. The SMILES string of the molecule is CC(C)(C)OC(=O)N1CCC(c2ccc(OCCCCBr)cc2)CC1. The molecule has 0 unspecified atom stereocenters. The monoisotopic (exact) mass is 411 g/mol. The minimum Gasteiger partial charge on any atom is -0.494 e. The van der Waals surface area contributed by atoms with Crippen molar-refractivity contribution in [3.05, 3.63) is 29.8 Å². The van der Waals surface area contributed by atoms with Gasteiger partial charge in [-0.2, -0.15) is 0 Å². The zero-order valence-corrected chi connectivity index (χ0v) is 17.2. The summed E-state index contributed by atoms with van der Waals surface area (Å²) in [5.41, 5.74) is 0.898. The highest BCUT2D eigenvalue weighted by Gasteiger charge is 2.27. The maximum Gasteiger partial charge on any atom is 0.410 e. The van der Waals surface area contributed by atoms with Gasteiger partial charge in [-0.05, 0) is 70.1 Å². The van der Waals surface area contributed by atoms with Crippen LogP contribution >= 0.6 is 15.9 Å². The van der Waals surface area contributed by atoms with Gasteiger partial charge >= 0.3 is 6.09 Å². The number of halogens is 1. The van der Waals surface area contributed by atoms with E-state index in [0.29, 0.717) is 5.92 Å². The molecule has 1 aromatic carbocycles. The van der Waals surface area contributed by atoms with Crippen LogP contribution in [-0.4, -0.2) is 41.6 Å². The van der Waals surface area contributed by atoms with E-state index in [4.69, 9.17) is 9.47 Å². The number of nitrogens with zero attached hydrogens (tertiary/aromatic N) is 1. The summed E-state index contributed by atoms with van der Waals surface area (Å²) in [6, 6.07) is 8.44. The van der Waals surface area contributed by atoms with E-state index in [-0.39, 0.29) is 6.09 Å². The first kappa shape index (κ1) is 20.1. The third kappa shape index (κ3) is 6.89. The molecule has 0 N–H and O–H groups in total. The van der Waals surface area contributed by atoms with Crippen molar-refractivity contribution in [2.24, 2.45) is 0 Å². The molecule has 1 fully saturated rings. The smallest absolute Gasteiger partial charge is 0.410 e. The van der Waals surface area contributed by atoms with E-state index >= 15 is 0 Å². The third-order valence-corrected chi connectivity index (χ3v) is 4.86. The Hall–Kier alpha value is -1.23. The standard InChI is InChI=1S/C20H30BrNO3/c1-20(2,3)25-19(23)22-13-10-17(11-14-22)16-6-8-18(9-7-16)24-15-5-4-12-21/h6-9,17H,4-5,10-15H2,1-3H3. The first-order valence-corrected chi connectivity index (χ1v) is 10.3. The number of rotatable bonds is 6. The number of benzene rings is 1. The molecule has 0 atom stereocenters. The van der Waals surface area contributed by atoms with Crippen molar-refractivity contribution in [2.45, 2.75) is 58.0 Å². The summed E-state index contributed by atoms with van der Waals surface area (Å²) in [6.45, 7) is 7.98. The van der Waals surface area contributed by atoms with Gasteiger partial charge in [-0.15, -0.1) is 0 Å². The van der Waals surface area contributed by atoms with Crippen LogP contribution in [-0.2, 0) is 4.74 Å². The summed E-state index contributed by atoms with van der Waals surface area (Å²) in [7, 11) is 0. The molecule has 1 saturated heterocycles. The number of carbonyl (C=O) groups excluding carboxylic acids is 1. The molecule has 1 heterocycles. The van der Waals surface area contributed by atoms with Gasteiger partial charge in [0.15, 0.2) is 0 Å². The van der Waals surface area contributed by atoms with Gasteiger partial charge in [0.05, 0.1) is 6.61 Å². The van der Waals surface area contributed by atoms with E-state index in [2.05, 4.69) is 40.2 Å². The lowest BCUT2D eigenvalue weighted by Gasteiger charge is -2.33. The number of carbonyl (C=O) groups is 1. The van der Waals surface area contributed by atoms with Crippen LogP contribution in [0.25, 0.3) is 0 Å². The second kappa shape index (κ2) is 9.46. The van der Waals surface area contributed by atoms with Gasteiger partial charge in [0.2, 0.25) is 0 Å². The average Bonchev–Trinajstić information content (AvgIpc) is 2.58. The number of hydrogen-bond donors (Lipinski definition) is 0. The predicted octanol–water partition coefficient (Wildman–Crippen LogP) is 5.36. The lowest BCUT2D eigenvalue weighted by molar-refractivity contribution is 0.0205. The molecule has 1 aromatic rings. The van der Waals surface area contributed by atoms with E-state index < -0.39 is 5.60 Å². The van der Waals surface area contributed by atoms with Gasteiger partial charge in [0.1, 0.15) is 11.4 Å². The molecule has 0 bridgehead atoms. The highest BCUT2D eigenvalue weighted by molar-refractivity contribution is 9.09. The van der Waals surface area contributed by atoms with Crippen LogP contribution in [0.4, 0.5) is 4.79 Å². The fraction of sp³-hybridized carbons (Fsp3) is 0.650. The van der Waals surface area contributed by atoms with Crippen molar-refractivity contribution >= 4 is 22.0 Å². The van der Waals surface area contributed by atoms with Crippen molar-refractivity contribution in [3.63, 3.8) is 0 Å². The summed E-state index contributed by atoms with van der Waals surface area (Å²) < 4.78 is 11.2. The molecule has 1 amide bonds. The normalized spacial score (nSPS) is 15.9. The molecule has 0 aromatic heterocycles. The minimum absolute atomic E-state index is 0.196. The van der Waals surface area contributed by atoms with Gasteiger partial charge in [-0.3, -0.25) is 0 Å². The summed E-state index contributed by atoms with van der Waals surface area (Å²) in [5, 5.41) is 1.03. The van der Waals surface area contributed by atoms with Gasteiger partial charge in [-0.25, -0.2) is 4.79 Å². The predicted molar refractivity (Wildman–Crippen MR) is 105 cm³/mol. The Bertz CT molecular complexity index is 531. The Morgan fingerprint density at radius 3 is 2.36 bits per heavy atom. The van der Waals surface area contributed by atoms with Crippen LogP contribution in [0, 0.1) is 0 Å². The fourth-order valence-corrected chi connectivity index (χ4v) is 3.34. The van der Waals surface area contributed by atoms with E-state index in [9.17, 15) is 4.79 Å². The van der Waals surface area contributed by atoms with Crippen LogP contribution in [0.15, 0.2) is 24.3 Å². The molecular weight excluding hydrogens is 382 g/mol. The molecule has 1 aliphatic rings. The Balaban J connectivity index is 1.79. The molecule has 2 rings (SSSR count). The van der Waals surface area contributed by atoms with Crippen LogP contribution in [0.3, 0.4) is 0 Å². The second-order valence-electron chi connectivity index (χ2n) is 7.56. The molecule has 4 nitrogen and oxygen atoms in total. The van der Waals surface area contributed by atoms with Crippen molar-refractivity contribution in [1.29, 1.82) is 0 Å². The number of piperidine rings is 1. The van der Waals surface area contributed by atoms with Crippen molar-refractivity contribution < 1.29 is 14.3 Å². The zero-order valence-electron chi connectivity index (χ0n) is 15.6. The largest absolute Gasteiger partial charge is 0.494 e. The molecule has 25 heavy (non-hydrogen) atoms. The second-order valence-corrected chi connectivity index (χ2v) is 8.35. The molecular formula is C20H30BrNO3. The molecule has 1 aliphatic heterocycles. The lowest BCUT2D eigenvalue weighted by Crippen LogP contribution is -2.41. The maximum atomic E-state index is 12.1.